The van der Waals surface area contributed by atoms with Crippen molar-refractivity contribution >= 4 is 12.1 Å². The number of amides is 1. The third-order valence-corrected chi connectivity index (χ3v) is 2.40. The molecule has 0 fully saturated rings. The van der Waals surface area contributed by atoms with E-state index in [1.165, 1.54) is 6.07 Å². The summed E-state index contributed by atoms with van der Waals surface area (Å²) in [5, 5.41) is 11.5. The lowest BCUT2D eigenvalue weighted by atomic mass is 10.1. The number of carboxylic acid groups (broad SMARTS) is 1. The molecule has 0 heterocycles. The fourth-order valence-electron chi connectivity index (χ4n) is 1.41. The summed E-state index contributed by atoms with van der Waals surface area (Å²) in [6.45, 7) is 2.53. The number of aromatic carboxylic acids is 1. The third kappa shape index (κ3) is 4.45. The molecule has 1 rings (SSSR count). The largest absolute Gasteiger partial charge is 0.478 e. The van der Waals surface area contributed by atoms with E-state index in [4.69, 9.17) is 9.84 Å². The maximum Gasteiger partial charge on any atom is 0.407 e. The molecule has 1 amide bonds. The number of carbonyl (C=O) groups is 2. The number of rotatable bonds is 6. The molecule has 2 N–H and O–H groups in total. The first-order valence-corrected chi connectivity index (χ1v) is 5.87. The summed E-state index contributed by atoms with van der Waals surface area (Å²) in [7, 11) is 0. The van der Waals surface area contributed by atoms with Gasteiger partial charge in [-0.3, -0.25) is 0 Å². The maximum absolute atomic E-state index is 11.3. The molecule has 0 atom stereocenters. The van der Waals surface area contributed by atoms with Crippen LogP contribution in [0.1, 0.15) is 35.7 Å². The van der Waals surface area contributed by atoms with Crippen LogP contribution in [0.3, 0.4) is 0 Å². The summed E-state index contributed by atoms with van der Waals surface area (Å²) in [6.07, 6.45) is 1.25. The van der Waals surface area contributed by atoms with E-state index in [0.717, 1.165) is 12.8 Å². The molecular weight excluding hydrogens is 234 g/mol. The first-order chi connectivity index (χ1) is 8.65. The van der Waals surface area contributed by atoms with Gasteiger partial charge in [0.05, 0.1) is 12.2 Å². The Morgan fingerprint density at radius 1 is 1.33 bits per heavy atom. The Balaban J connectivity index is 2.48. The molecule has 0 saturated heterocycles. The van der Waals surface area contributed by atoms with Gasteiger partial charge in [-0.2, -0.15) is 0 Å². The molecule has 0 aliphatic carbocycles. The molecule has 0 bridgehead atoms. The number of unbranched alkanes of at least 4 members (excludes halogenated alkanes) is 1. The van der Waals surface area contributed by atoms with Crippen LogP contribution in [-0.2, 0) is 11.3 Å². The van der Waals surface area contributed by atoms with E-state index in [1.54, 1.807) is 18.2 Å². The van der Waals surface area contributed by atoms with Crippen molar-refractivity contribution in [3.8, 4) is 0 Å². The zero-order valence-corrected chi connectivity index (χ0v) is 10.3. The number of ether oxygens (including phenoxy) is 1. The molecule has 0 radical (unpaired) electrons. The Labute approximate surface area is 106 Å². The fourth-order valence-corrected chi connectivity index (χ4v) is 1.41. The summed E-state index contributed by atoms with van der Waals surface area (Å²) in [5.41, 5.74) is 0.740. The lowest BCUT2D eigenvalue weighted by Crippen LogP contribution is -2.25. The predicted octanol–water partition coefficient (Wildman–Crippen LogP) is 2.41. The lowest BCUT2D eigenvalue weighted by Gasteiger charge is -2.08. The fraction of sp³-hybridized carbons (Fsp3) is 0.385. The van der Waals surface area contributed by atoms with E-state index in [0.29, 0.717) is 12.2 Å². The van der Waals surface area contributed by atoms with Gasteiger partial charge in [0.25, 0.3) is 0 Å². The van der Waals surface area contributed by atoms with Gasteiger partial charge >= 0.3 is 12.1 Å². The second-order valence-electron chi connectivity index (χ2n) is 3.81. The average Bonchev–Trinajstić information content (AvgIpc) is 2.37. The quantitative estimate of drug-likeness (QED) is 0.761. The average molecular weight is 251 g/mol. The molecule has 5 nitrogen and oxygen atoms in total. The minimum Gasteiger partial charge on any atom is -0.478 e. The van der Waals surface area contributed by atoms with Gasteiger partial charge < -0.3 is 15.2 Å². The Kier molecular flexibility index (Phi) is 5.70. The Bertz CT molecular complexity index is 417. The first kappa shape index (κ1) is 14.0. The highest BCUT2D eigenvalue weighted by Crippen LogP contribution is 2.08. The highest BCUT2D eigenvalue weighted by molar-refractivity contribution is 5.89. The molecule has 98 valence electrons. The zero-order chi connectivity index (χ0) is 13.4. The number of alkyl carbamates (subject to hydrolysis) is 1. The van der Waals surface area contributed by atoms with Crippen LogP contribution >= 0.6 is 0 Å². The smallest absolute Gasteiger partial charge is 0.407 e. The van der Waals surface area contributed by atoms with Crippen molar-refractivity contribution in [2.24, 2.45) is 0 Å². The second kappa shape index (κ2) is 7.32. The summed E-state index contributed by atoms with van der Waals surface area (Å²) in [5.74, 6) is -1.01. The number of hydrogen-bond acceptors (Lipinski definition) is 3. The number of hydrogen-bond donors (Lipinski definition) is 2. The Morgan fingerprint density at radius 3 is 2.72 bits per heavy atom. The number of carbonyl (C=O) groups excluding carboxylic acids is 1. The van der Waals surface area contributed by atoms with Crippen LogP contribution in [0.5, 0.6) is 0 Å². The van der Waals surface area contributed by atoms with E-state index in [2.05, 4.69) is 5.32 Å². The maximum atomic E-state index is 11.3. The molecule has 1 aromatic rings. The van der Waals surface area contributed by atoms with E-state index < -0.39 is 12.1 Å². The molecule has 0 aromatic heterocycles. The van der Waals surface area contributed by atoms with E-state index in [9.17, 15) is 9.59 Å². The third-order valence-electron chi connectivity index (χ3n) is 2.40. The molecule has 0 saturated carbocycles. The van der Waals surface area contributed by atoms with Crippen molar-refractivity contribution in [2.75, 3.05) is 6.61 Å². The Morgan fingerprint density at radius 2 is 2.06 bits per heavy atom. The van der Waals surface area contributed by atoms with Gasteiger partial charge in [0.2, 0.25) is 0 Å². The molecule has 18 heavy (non-hydrogen) atoms. The highest BCUT2D eigenvalue weighted by atomic mass is 16.5. The molecule has 5 heteroatoms. The molecule has 0 aliphatic heterocycles. The van der Waals surface area contributed by atoms with Crippen molar-refractivity contribution in [3.05, 3.63) is 35.4 Å². The summed E-state index contributed by atoms with van der Waals surface area (Å²) in [4.78, 5) is 22.2. The van der Waals surface area contributed by atoms with Crippen molar-refractivity contribution in [3.63, 3.8) is 0 Å². The zero-order valence-electron chi connectivity index (χ0n) is 10.3. The molecular formula is C13H17NO4. The predicted molar refractivity (Wildman–Crippen MR) is 66.5 cm³/mol. The summed E-state index contributed by atoms with van der Waals surface area (Å²) in [6, 6.07) is 6.54. The molecule has 0 aliphatic rings. The monoisotopic (exact) mass is 251 g/mol. The minimum absolute atomic E-state index is 0.146. The SMILES string of the molecule is CCCCOC(=O)NCc1ccccc1C(=O)O. The van der Waals surface area contributed by atoms with E-state index in [-0.39, 0.29) is 12.1 Å². The van der Waals surface area contributed by atoms with Crippen LogP contribution in [0.2, 0.25) is 0 Å². The van der Waals surface area contributed by atoms with Crippen LogP contribution in [0.4, 0.5) is 4.79 Å². The first-order valence-electron chi connectivity index (χ1n) is 5.87. The van der Waals surface area contributed by atoms with Crippen molar-refractivity contribution in [1.29, 1.82) is 0 Å². The summed E-state index contributed by atoms with van der Waals surface area (Å²) >= 11 is 0. The number of nitrogens with one attached hydrogen (secondary N) is 1. The van der Waals surface area contributed by atoms with Crippen molar-refractivity contribution in [2.45, 2.75) is 26.3 Å². The molecule has 0 spiro atoms. The normalized spacial score (nSPS) is 9.83. The van der Waals surface area contributed by atoms with Gasteiger partial charge in [-0.25, -0.2) is 9.59 Å². The standard InChI is InChI=1S/C13H17NO4/c1-2-3-8-18-13(17)14-9-10-6-4-5-7-11(10)12(15)16/h4-7H,2-3,8-9H2,1H3,(H,14,17)(H,15,16). The topological polar surface area (TPSA) is 75.6 Å². The lowest BCUT2D eigenvalue weighted by molar-refractivity contribution is 0.0695. The van der Waals surface area contributed by atoms with Gasteiger partial charge in [-0.15, -0.1) is 0 Å². The highest BCUT2D eigenvalue weighted by Gasteiger charge is 2.10. The molecule has 1 aromatic carbocycles. The van der Waals surface area contributed by atoms with E-state index >= 15 is 0 Å². The van der Waals surface area contributed by atoms with Crippen LogP contribution in [0.15, 0.2) is 24.3 Å². The van der Waals surface area contributed by atoms with Gasteiger partial charge in [-0.1, -0.05) is 31.5 Å². The van der Waals surface area contributed by atoms with Crippen molar-refractivity contribution < 1.29 is 19.4 Å². The Hall–Kier alpha value is -2.04. The van der Waals surface area contributed by atoms with Gasteiger partial charge in [0.15, 0.2) is 0 Å². The van der Waals surface area contributed by atoms with Gasteiger partial charge in [-0.05, 0) is 18.1 Å². The second-order valence-corrected chi connectivity index (χ2v) is 3.81. The van der Waals surface area contributed by atoms with Gasteiger partial charge in [0.1, 0.15) is 0 Å². The minimum atomic E-state index is -1.01. The van der Waals surface area contributed by atoms with Crippen LogP contribution < -0.4 is 5.32 Å². The number of carboxylic acids is 1. The number of benzene rings is 1. The van der Waals surface area contributed by atoms with Crippen LogP contribution in [0, 0.1) is 0 Å². The van der Waals surface area contributed by atoms with Crippen LogP contribution in [-0.4, -0.2) is 23.8 Å². The van der Waals surface area contributed by atoms with Gasteiger partial charge in [0, 0.05) is 6.54 Å². The van der Waals surface area contributed by atoms with Crippen LogP contribution in [0.25, 0.3) is 0 Å². The molecule has 0 unspecified atom stereocenters. The van der Waals surface area contributed by atoms with Crippen molar-refractivity contribution in [1.82, 2.24) is 5.32 Å². The summed E-state index contributed by atoms with van der Waals surface area (Å²) < 4.78 is 4.91. The van der Waals surface area contributed by atoms with E-state index in [1.807, 2.05) is 6.92 Å².